The van der Waals surface area contributed by atoms with Gasteiger partial charge in [-0.25, -0.2) is 9.37 Å². The first-order valence-corrected chi connectivity index (χ1v) is 9.82. The third-order valence-electron chi connectivity index (χ3n) is 4.25. The molecule has 1 aromatic carbocycles. The van der Waals surface area contributed by atoms with Crippen LogP contribution in [0.2, 0.25) is 0 Å². The molecule has 25 heavy (non-hydrogen) atoms. The van der Waals surface area contributed by atoms with Gasteiger partial charge >= 0.3 is 0 Å². The molecule has 1 aromatic heterocycles. The van der Waals surface area contributed by atoms with Gasteiger partial charge in [-0.05, 0) is 38.0 Å². The second kappa shape index (κ2) is 7.13. The summed E-state index contributed by atoms with van der Waals surface area (Å²) in [6, 6.07) is 4.56. The van der Waals surface area contributed by atoms with Crippen molar-refractivity contribution in [2.75, 3.05) is 11.1 Å². The monoisotopic (exact) mass is 378 g/mol. The minimum absolute atomic E-state index is 0.310. The number of halogens is 1. The summed E-state index contributed by atoms with van der Waals surface area (Å²) in [7, 11) is 0. The lowest BCUT2D eigenvalue weighted by Gasteiger charge is -2.33. The van der Waals surface area contributed by atoms with Crippen LogP contribution in [0.25, 0.3) is 0 Å². The summed E-state index contributed by atoms with van der Waals surface area (Å²) < 4.78 is 14.5. The highest BCUT2D eigenvalue weighted by Crippen LogP contribution is 2.40. The molecular formula is C17H19FN4OS2. The Kier molecular flexibility index (Phi) is 5.10. The molecule has 1 aliphatic heterocycles. The summed E-state index contributed by atoms with van der Waals surface area (Å²) in [6.07, 6.45) is 1.34. The topological polar surface area (TPSA) is 80.4 Å². The lowest BCUT2D eigenvalue weighted by atomic mass is 9.84. The number of nitrogens with two attached hydrogens (primary N) is 1. The van der Waals surface area contributed by atoms with Crippen molar-refractivity contribution in [1.82, 2.24) is 4.98 Å². The average Bonchev–Trinajstić information content (AvgIpc) is 3.03. The van der Waals surface area contributed by atoms with Gasteiger partial charge in [-0.15, -0.1) is 11.3 Å². The molecule has 1 amide bonds. The third-order valence-corrected chi connectivity index (χ3v) is 5.82. The second-order valence-electron chi connectivity index (χ2n) is 5.83. The summed E-state index contributed by atoms with van der Waals surface area (Å²) >= 11 is 2.89. The number of aryl methyl sites for hydroxylation is 1. The minimum Gasteiger partial charge on any atom is -0.379 e. The van der Waals surface area contributed by atoms with Crippen molar-refractivity contribution < 1.29 is 9.18 Å². The molecule has 0 radical (unpaired) electrons. The van der Waals surface area contributed by atoms with Crippen LogP contribution in [0.3, 0.4) is 0 Å². The number of thioether (sulfide) groups is 1. The zero-order chi connectivity index (χ0) is 18.0. The first kappa shape index (κ1) is 17.9. The van der Waals surface area contributed by atoms with Crippen molar-refractivity contribution in [2.45, 2.75) is 32.2 Å². The zero-order valence-corrected chi connectivity index (χ0v) is 15.6. The Morgan fingerprint density at radius 3 is 2.92 bits per heavy atom. The predicted octanol–water partition coefficient (Wildman–Crippen LogP) is 3.90. The van der Waals surface area contributed by atoms with Crippen molar-refractivity contribution in [2.24, 2.45) is 10.7 Å². The number of aliphatic imine (C=N–C) groups is 1. The van der Waals surface area contributed by atoms with E-state index >= 15 is 0 Å². The third kappa shape index (κ3) is 3.69. The molecule has 1 atom stereocenters. The number of carbonyl (C=O) groups excluding carboxylic acids is 1. The molecule has 0 aliphatic carbocycles. The number of hydrogen-bond donors (Lipinski definition) is 2. The highest BCUT2D eigenvalue weighted by Gasteiger charge is 2.35. The molecule has 1 unspecified atom stereocenters. The van der Waals surface area contributed by atoms with E-state index < -0.39 is 5.54 Å². The Hall–Kier alpha value is -1.93. The van der Waals surface area contributed by atoms with Gasteiger partial charge in [0.25, 0.3) is 5.91 Å². The van der Waals surface area contributed by atoms with E-state index in [9.17, 15) is 9.18 Å². The number of nitrogens with one attached hydrogen (secondary N) is 1. The van der Waals surface area contributed by atoms with Crippen molar-refractivity contribution in [3.63, 3.8) is 0 Å². The van der Waals surface area contributed by atoms with Crippen LogP contribution in [-0.4, -0.2) is 21.8 Å². The van der Waals surface area contributed by atoms with Gasteiger partial charge in [0.05, 0.1) is 10.5 Å². The van der Waals surface area contributed by atoms with E-state index in [-0.39, 0.29) is 11.7 Å². The van der Waals surface area contributed by atoms with Crippen LogP contribution in [0.15, 0.2) is 28.6 Å². The number of aromatic nitrogens is 1. The molecular weight excluding hydrogens is 359 g/mol. The SMILES string of the molecule is CCC1(c2cc(NC(=O)c3csc(C)n3)ccc2F)CCSC(N)=N1. The van der Waals surface area contributed by atoms with Crippen LogP contribution < -0.4 is 11.1 Å². The van der Waals surface area contributed by atoms with Gasteiger partial charge in [0, 0.05) is 22.4 Å². The number of amidine groups is 1. The van der Waals surface area contributed by atoms with Crippen LogP contribution in [0.1, 0.15) is 40.8 Å². The molecule has 1 aliphatic rings. The Labute approximate surface area is 153 Å². The Morgan fingerprint density at radius 1 is 1.48 bits per heavy atom. The van der Waals surface area contributed by atoms with Crippen LogP contribution in [0.5, 0.6) is 0 Å². The lowest BCUT2D eigenvalue weighted by molar-refractivity contribution is 0.102. The summed E-state index contributed by atoms with van der Waals surface area (Å²) in [5.74, 6) is 0.139. The van der Waals surface area contributed by atoms with Gasteiger partial charge in [-0.3, -0.25) is 9.79 Å². The molecule has 0 bridgehead atoms. The van der Waals surface area contributed by atoms with E-state index in [1.54, 1.807) is 17.5 Å². The molecule has 3 N–H and O–H groups in total. The molecule has 0 saturated heterocycles. The van der Waals surface area contributed by atoms with Crippen molar-refractivity contribution in [3.05, 3.63) is 45.7 Å². The predicted molar refractivity (Wildman–Crippen MR) is 102 cm³/mol. The van der Waals surface area contributed by atoms with Gasteiger partial charge < -0.3 is 11.1 Å². The van der Waals surface area contributed by atoms with Gasteiger partial charge in [0.1, 0.15) is 11.5 Å². The van der Waals surface area contributed by atoms with Gasteiger partial charge in [-0.1, -0.05) is 18.7 Å². The maximum atomic E-state index is 14.5. The summed E-state index contributed by atoms with van der Waals surface area (Å²) in [5.41, 5.74) is 6.54. The number of thiazole rings is 1. The summed E-state index contributed by atoms with van der Waals surface area (Å²) in [4.78, 5) is 21.0. The molecule has 0 spiro atoms. The van der Waals surface area contributed by atoms with Gasteiger partial charge in [0.15, 0.2) is 5.17 Å². The number of benzene rings is 1. The van der Waals surface area contributed by atoms with Crippen LogP contribution in [0.4, 0.5) is 10.1 Å². The Balaban J connectivity index is 1.93. The summed E-state index contributed by atoms with van der Waals surface area (Å²) in [5, 5.41) is 5.78. The second-order valence-corrected chi connectivity index (χ2v) is 8.01. The van der Waals surface area contributed by atoms with Crippen molar-refractivity contribution in [1.29, 1.82) is 0 Å². The molecule has 5 nitrogen and oxygen atoms in total. The zero-order valence-electron chi connectivity index (χ0n) is 14.0. The Bertz CT molecular complexity index is 836. The highest BCUT2D eigenvalue weighted by atomic mass is 32.2. The fraction of sp³-hybridized carbons (Fsp3) is 0.353. The van der Waals surface area contributed by atoms with Crippen LogP contribution in [0, 0.1) is 12.7 Å². The molecule has 2 heterocycles. The number of amides is 1. The quantitative estimate of drug-likeness (QED) is 0.845. The van der Waals surface area contributed by atoms with E-state index in [0.29, 0.717) is 35.0 Å². The number of carbonyl (C=O) groups is 1. The van der Waals surface area contributed by atoms with E-state index in [1.165, 1.54) is 29.2 Å². The van der Waals surface area contributed by atoms with Gasteiger partial charge in [0.2, 0.25) is 0 Å². The standard InChI is InChI=1S/C17H19FN4OS2/c1-3-17(6-7-24-16(19)22-17)12-8-11(4-5-13(12)18)21-15(23)14-9-25-10(2)20-14/h4-5,8-9H,3,6-7H2,1-2H3,(H2,19,22)(H,21,23). The fourth-order valence-corrected chi connectivity index (χ4v) is 4.37. The molecule has 0 fully saturated rings. The minimum atomic E-state index is -0.683. The number of nitrogens with zero attached hydrogens (tertiary/aromatic N) is 2. The van der Waals surface area contributed by atoms with Crippen LogP contribution >= 0.6 is 23.1 Å². The van der Waals surface area contributed by atoms with Crippen LogP contribution in [-0.2, 0) is 5.54 Å². The average molecular weight is 378 g/mol. The fourth-order valence-electron chi connectivity index (χ4n) is 2.89. The van der Waals surface area contributed by atoms with Crippen molar-refractivity contribution in [3.8, 4) is 0 Å². The normalized spacial score (nSPS) is 20.2. The molecule has 2 aromatic rings. The van der Waals surface area contributed by atoms with E-state index in [0.717, 1.165) is 10.8 Å². The molecule has 0 saturated carbocycles. The maximum Gasteiger partial charge on any atom is 0.275 e. The number of anilines is 1. The lowest BCUT2D eigenvalue weighted by Crippen LogP contribution is -2.32. The number of hydrogen-bond acceptors (Lipinski definition) is 6. The summed E-state index contributed by atoms with van der Waals surface area (Å²) in [6.45, 7) is 3.81. The van der Waals surface area contributed by atoms with E-state index in [1.807, 2.05) is 13.8 Å². The maximum absolute atomic E-state index is 14.5. The molecule has 3 rings (SSSR count). The van der Waals surface area contributed by atoms with Gasteiger partial charge in [-0.2, -0.15) is 0 Å². The van der Waals surface area contributed by atoms with E-state index in [2.05, 4.69) is 15.3 Å². The van der Waals surface area contributed by atoms with Crippen molar-refractivity contribution >= 4 is 39.9 Å². The Morgan fingerprint density at radius 2 is 2.28 bits per heavy atom. The smallest absolute Gasteiger partial charge is 0.275 e. The largest absolute Gasteiger partial charge is 0.379 e. The molecule has 8 heteroatoms. The highest BCUT2D eigenvalue weighted by molar-refractivity contribution is 8.13. The first-order chi connectivity index (χ1) is 11.9. The first-order valence-electron chi connectivity index (χ1n) is 7.95. The number of rotatable bonds is 4. The molecule has 132 valence electrons. The van der Waals surface area contributed by atoms with E-state index in [4.69, 9.17) is 5.73 Å².